The second-order valence-electron chi connectivity index (χ2n) is 8.15. The van der Waals surface area contributed by atoms with Crippen molar-refractivity contribution in [1.29, 1.82) is 0 Å². The molecule has 0 unspecified atom stereocenters. The number of aromatic nitrogens is 2. The van der Waals surface area contributed by atoms with Crippen LogP contribution in [0.15, 0.2) is 65.2 Å². The topological polar surface area (TPSA) is 54.6 Å². The van der Waals surface area contributed by atoms with E-state index in [9.17, 15) is 0 Å². The fourth-order valence-corrected chi connectivity index (χ4v) is 4.12. The average molecular weight is 449 g/mol. The summed E-state index contributed by atoms with van der Waals surface area (Å²) in [5.41, 5.74) is 2.33. The SMILES string of the molecule is CN1CCN(c2cccc3ccc(OCc4nc(Cc5ccc(Cl)cc5)no4)cc23)CC1. The molecule has 1 aliphatic rings. The second kappa shape index (κ2) is 9.18. The number of piperazine rings is 1. The van der Waals surface area contributed by atoms with E-state index in [2.05, 4.69) is 57.3 Å². The van der Waals surface area contributed by atoms with Crippen LogP contribution in [0.1, 0.15) is 17.3 Å². The van der Waals surface area contributed by atoms with Gasteiger partial charge in [0, 0.05) is 48.7 Å². The molecule has 0 saturated carbocycles. The zero-order chi connectivity index (χ0) is 21.9. The zero-order valence-corrected chi connectivity index (χ0v) is 18.8. The van der Waals surface area contributed by atoms with Crippen LogP contribution in [0.4, 0.5) is 5.69 Å². The fraction of sp³-hybridized carbons (Fsp3) is 0.280. The van der Waals surface area contributed by atoms with Crippen LogP contribution in [-0.4, -0.2) is 48.3 Å². The van der Waals surface area contributed by atoms with Gasteiger partial charge in [0.1, 0.15) is 5.75 Å². The van der Waals surface area contributed by atoms with Crippen molar-refractivity contribution in [3.05, 3.63) is 83.0 Å². The Kier molecular flexibility index (Phi) is 5.97. The first-order valence-electron chi connectivity index (χ1n) is 10.8. The molecule has 1 aromatic heterocycles. The number of halogens is 1. The number of anilines is 1. The van der Waals surface area contributed by atoms with Crippen molar-refractivity contribution in [2.24, 2.45) is 0 Å². The molecular formula is C25H25ClN4O2. The highest BCUT2D eigenvalue weighted by molar-refractivity contribution is 6.30. The molecule has 7 heteroatoms. The lowest BCUT2D eigenvalue weighted by Gasteiger charge is -2.34. The molecule has 0 aliphatic carbocycles. The minimum absolute atomic E-state index is 0.232. The smallest absolute Gasteiger partial charge is 0.264 e. The lowest BCUT2D eigenvalue weighted by Crippen LogP contribution is -2.44. The number of benzene rings is 3. The Morgan fingerprint density at radius 1 is 1.00 bits per heavy atom. The van der Waals surface area contributed by atoms with Gasteiger partial charge in [0.2, 0.25) is 0 Å². The highest BCUT2D eigenvalue weighted by Crippen LogP contribution is 2.31. The van der Waals surface area contributed by atoms with Crippen molar-refractivity contribution in [1.82, 2.24) is 15.0 Å². The van der Waals surface area contributed by atoms with Crippen LogP contribution in [0.2, 0.25) is 5.02 Å². The van der Waals surface area contributed by atoms with E-state index >= 15 is 0 Å². The van der Waals surface area contributed by atoms with Crippen molar-refractivity contribution in [3.8, 4) is 5.75 Å². The van der Waals surface area contributed by atoms with Crippen molar-refractivity contribution >= 4 is 28.1 Å². The van der Waals surface area contributed by atoms with Crippen molar-refractivity contribution in [2.45, 2.75) is 13.0 Å². The van der Waals surface area contributed by atoms with Crippen LogP contribution in [0.5, 0.6) is 5.75 Å². The highest BCUT2D eigenvalue weighted by atomic mass is 35.5. The van der Waals surface area contributed by atoms with E-state index in [4.69, 9.17) is 20.9 Å². The summed E-state index contributed by atoms with van der Waals surface area (Å²) in [7, 11) is 2.17. The Balaban J connectivity index is 1.28. The van der Waals surface area contributed by atoms with Gasteiger partial charge in [0.25, 0.3) is 5.89 Å². The van der Waals surface area contributed by atoms with Crippen LogP contribution < -0.4 is 9.64 Å². The number of nitrogens with zero attached hydrogens (tertiary/aromatic N) is 4. The van der Waals surface area contributed by atoms with Gasteiger partial charge in [-0.2, -0.15) is 4.98 Å². The third-order valence-corrected chi connectivity index (χ3v) is 6.07. The number of hydrogen-bond acceptors (Lipinski definition) is 6. The minimum atomic E-state index is 0.232. The Hall–Kier alpha value is -3.09. The van der Waals surface area contributed by atoms with Gasteiger partial charge in [0.05, 0.1) is 0 Å². The van der Waals surface area contributed by atoms with Gasteiger partial charge in [-0.3, -0.25) is 0 Å². The van der Waals surface area contributed by atoms with Gasteiger partial charge >= 0.3 is 0 Å². The first-order chi connectivity index (χ1) is 15.6. The van der Waals surface area contributed by atoms with Crippen LogP contribution in [0.25, 0.3) is 10.8 Å². The summed E-state index contributed by atoms with van der Waals surface area (Å²) < 4.78 is 11.4. The molecule has 0 N–H and O–H groups in total. The fourth-order valence-electron chi connectivity index (χ4n) is 4.00. The van der Waals surface area contributed by atoms with Crippen LogP contribution in [0.3, 0.4) is 0 Å². The maximum Gasteiger partial charge on any atom is 0.264 e. The largest absolute Gasteiger partial charge is 0.484 e. The van der Waals surface area contributed by atoms with E-state index in [1.807, 2.05) is 30.3 Å². The molecule has 164 valence electrons. The summed E-state index contributed by atoms with van der Waals surface area (Å²) in [4.78, 5) is 9.27. The maximum atomic E-state index is 6.00. The van der Waals surface area contributed by atoms with E-state index in [0.29, 0.717) is 23.2 Å². The third-order valence-electron chi connectivity index (χ3n) is 5.82. The minimum Gasteiger partial charge on any atom is -0.484 e. The number of hydrogen-bond donors (Lipinski definition) is 0. The van der Waals surface area contributed by atoms with Crippen molar-refractivity contribution < 1.29 is 9.26 Å². The standard InChI is InChI=1S/C25H25ClN4O2/c1-29-11-13-30(14-12-29)23-4-2-3-19-7-10-21(16-22(19)23)31-17-25-27-24(28-32-25)15-18-5-8-20(26)9-6-18/h2-10,16H,11-15,17H2,1H3. The quantitative estimate of drug-likeness (QED) is 0.422. The van der Waals surface area contributed by atoms with E-state index < -0.39 is 0 Å². The van der Waals surface area contributed by atoms with E-state index in [1.165, 1.54) is 16.5 Å². The van der Waals surface area contributed by atoms with E-state index in [0.717, 1.165) is 37.5 Å². The molecule has 0 radical (unpaired) electrons. The molecule has 0 atom stereocenters. The molecule has 1 fully saturated rings. The van der Waals surface area contributed by atoms with Gasteiger partial charge < -0.3 is 19.1 Å². The summed E-state index contributed by atoms with van der Waals surface area (Å²) in [5, 5.41) is 7.18. The second-order valence-corrected chi connectivity index (χ2v) is 8.58. The van der Waals surface area contributed by atoms with Crippen LogP contribution in [-0.2, 0) is 13.0 Å². The first-order valence-corrected chi connectivity index (χ1v) is 11.2. The van der Waals surface area contributed by atoms with Crippen molar-refractivity contribution in [3.63, 3.8) is 0 Å². The normalized spacial score (nSPS) is 14.8. The molecule has 5 rings (SSSR count). The highest BCUT2D eigenvalue weighted by Gasteiger charge is 2.16. The molecule has 3 aromatic carbocycles. The predicted molar refractivity (Wildman–Crippen MR) is 127 cm³/mol. The van der Waals surface area contributed by atoms with Gasteiger partial charge in [-0.05, 0) is 48.3 Å². The molecule has 1 aliphatic heterocycles. The molecule has 0 bridgehead atoms. The molecule has 0 amide bonds. The molecule has 1 saturated heterocycles. The summed E-state index contributed by atoms with van der Waals surface area (Å²) in [6.45, 7) is 4.43. The first kappa shape index (κ1) is 20.8. The lowest BCUT2D eigenvalue weighted by molar-refractivity contribution is 0.242. The molecule has 2 heterocycles. The molecule has 6 nitrogen and oxygen atoms in total. The summed E-state index contributed by atoms with van der Waals surface area (Å²) >= 11 is 5.94. The maximum absolute atomic E-state index is 6.00. The Bertz CT molecular complexity index is 1200. The average Bonchev–Trinajstić information content (AvgIpc) is 3.26. The third kappa shape index (κ3) is 4.71. The summed E-state index contributed by atoms with van der Waals surface area (Å²) in [5.74, 6) is 1.87. The molecule has 0 spiro atoms. The van der Waals surface area contributed by atoms with Gasteiger partial charge in [-0.25, -0.2) is 0 Å². The van der Waals surface area contributed by atoms with Gasteiger partial charge in [0.15, 0.2) is 12.4 Å². The lowest BCUT2D eigenvalue weighted by atomic mass is 10.1. The predicted octanol–water partition coefficient (Wildman–Crippen LogP) is 4.80. The van der Waals surface area contributed by atoms with Crippen LogP contribution >= 0.6 is 11.6 Å². The summed E-state index contributed by atoms with van der Waals surface area (Å²) in [6.07, 6.45) is 0.588. The summed E-state index contributed by atoms with van der Waals surface area (Å²) in [6, 6.07) is 20.3. The number of fused-ring (bicyclic) bond motifs is 1. The van der Waals surface area contributed by atoms with Gasteiger partial charge in [-0.15, -0.1) is 0 Å². The Morgan fingerprint density at radius 2 is 1.81 bits per heavy atom. The molecule has 4 aromatic rings. The van der Waals surface area contributed by atoms with Crippen molar-refractivity contribution in [2.75, 3.05) is 38.1 Å². The zero-order valence-electron chi connectivity index (χ0n) is 18.0. The number of ether oxygens (including phenoxy) is 1. The number of rotatable bonds is 6. The van der Waals surface area contributed by atoms with Gasteiger partial charge in [-0.1, -0.05) is 47.1 Å². The molecular weight excluding hydrogens is 424 g/mol. The monoisotopic (exact) mass is 448 g/mol. The Morgan fingerprint density at radius 3 is 2.62 bits per heavy atom. The Labute approximate surface area is 192 Å². The van der Waals surface area contributed by atoms with E-state index in [-0.39, 0.29) is 6.61 Å². The molecule has 32 heavy (non-hydrogen) atoms. The van der Waals surface area contributed by atoms with Crippen LogP contribution in [0, 0.1) is 0 Å². The van der Waals surface area contributed by atoms with E-state index in [1.54, 1.807) is 0 Å². The number of likely N-dealkylation sites (N-methyl/N-ethyl adjacent to an activating group) is 1.